The van der Waals surface area contributed by atoms with Gasteiger partial charge in [-0.3, -0.25) is 4.79 Å². The fourth-order valence-electron chi connectivity index (χ4n) is 2.27. The first-order valence-corrected chi connectivity index (χ1v) is 8.39. The van der Waals surface area contributed by atoms with Crippen LogP contribution in [0.5, 0.6) is 5.75 Å². The van der Waals surface area contributed by atoms with Gasteiger partial charge in [0.05, 0.1) is 13.2 Å². The molecule has 0 heterocycles. The number of rotatable bonds is 7. The Labute approximate surface area is 151 Å². The number of carbonyl (C=O) groups excluding carboxylic acids is 1. The van der Waals surface area contributed by atoms with Crippen molar-refractivity contribution in [3.8, 4) is 5.75 Å². The number of carbonyl (C=O) groups is 1. The van der Waals surface area contributed by atoms with Gasteiger partial charge in [-0.05, 0) is 49.2 Å². The molecule has 2 aromatic rings. The zero-order chi connectivity index (χ0) is 17.5. The normalized spacial score (nSPS) is 10.5. The van der Waals surface area contributed by atoms with E-state index in [-0.39, 0.29) is 12.5 Å². The molecule has 0 spiro atoms. The van der Waals surface area contributed by atoms with Gasteiger partial charge in [0.25, 0.3) is 0 Å². The fraction of sp³-hybridized carbons (Fsp3) is 0.278. The van der Waals surface area contributed by atoms with Gasteiger partial charge in [0.15, 0.2) is 0 Å². The maximum absolute atomic E-state index is 12.1. The highest BCUT2D eigenvalue weighted by Gasteiger charge is 2.09. The number of benzene rings is 2. The van der Waals surface area contributed by atoms with E-state index >= 15 is 0 Å². The van der Waals surface area contributed by atoms with Crippen molar-refractivity contribution in [3.63, 3.8) is 0 Å². The molecule has 2 rings (SSSR count). The third-order valence-electron chi connectivity index (χ3n) is 3.45. The van der Waals surface area contributed by atoms with E-state index in [9.17, 15) is 9.90 Å². The maximum Gasteiger partial charge on any atom is 0.224 e. The average molecular weight is 368 g/mol. The highest BCUT2D eigenvalue weighted by Crippen LogP contribution is 2.24. The molecule has 0 aliphatic carbocycles. The molecular formula is C18H19Cl2NO3. The molecule has 2 N–H and O–H groups in total. The molecule has 0 saturated carbocycles. The first-order valence-electron chi connectivity index (χ1n) is 7.63. The Kier molecular flexibility index (Phi) is 6.91. The van der Waals surface area contributed by atoms with Crippen molar-refractivity contribution in [3.05, 3.63) is 57.6 Å². The van der Waals surface area contributed by atoms with Crippen molar-refractivity contribution >= 4 is 34.8 Å². The number of amides is 1. The standard InChI is InChI=1S/C18H19Cl2NO3/c1-2-24-17-7-6-15(9-13(17)11-22)21-18(23)8-4-12-3-5-14(19)10-16(12)20/h3,5-7,9-10,22H,2,4,8,11H2,1H3,(H,21,23). The van der Waals surface area contributed by atoms with Crippen LogP contribution in [-0.4, -0.2) is 17.6 Å². The van der Waals surface area contributed by atoms with Crippen molar-refractivity contribution in [2.24, 2.45) is 0 Å². The molecule has 0 aliphatic heterocycles. The molecule has 6 heteroatoms. The predicted molar refractivity (Wildman–Crippen MR) is 96.9 cm³/mol. The van der Waals surface area contributed by atoms with Gasteiger partial charge < -0.3 is 15.2 Å². The summed E-state index contributed by atoms with van der Waals surface area (Å²) in [6, 6.07) is 10.4. The lowest BCUT2D eigenvalue weighted by molar-refractivity contribution is -0.116. The summed E-state index contributed by atoms with van der Waals surface area (Å²) in [5.41, 5.74) is 2.13. The lowest BCUT2D eigenvalue weighted by Gasteiger charge is -2.11. The summed E-state index contributed by atoms with van der Waals surface area (Å²) in [5.74, 6) is 0.486. The van der Waals surface area contributed by atoms with Crippen LogP contribution in [-0.2, 0) is 17.8 Å². The summed E-state index contributed by atoms with van der Waals surface area (Å²) in [7, 11) is 0. The molecular weight excluding hydrogens is 349 g/mol. The molecule has 2 aromatic carbocycles. The largest absolute Gasteiger partial charge is 0.494 e. The Hall–Kier alpha value is -1.75. The number of nitrogens with one attached hydrogen (secondary N) is 1. The second-order valence-electron chi connectivity index (χ2n) is 5.20. The third-order valence-corrected chi connectivity index (χ3v) is 4.04. The van der Waals surface area contributed by atoms with E-state index in [1.165, 1.54) is 0 Å². The van der Waals surface area contributed by atoms with Crippen LogP contribution in [0.2, 0.25) is 10.0 Å². The van der Waals surface area contributed by atoms with Gasteiger partial charge in [-0.15, -0.1) is 0 Å². The number of anilines is 1. The summed E-state index contributed by atoms with van der Waals surface area (Å²) >= 11 is 12.0. The van der Waals surface area contributed by atoms with E-state index in [1.54, 1.807) is 30.3 Å². The fourth-order valence-corrected chi connectivity index (χ4v) is 2.78. The zero-order valence-corrected chi connectivity index (χ0v) is 14.8. The molecule has 128 valence electrons. The molecule has 0 unspecified atom stereocenters. The molecule has 0 bridgehead atoms. The molecule has 0 radical (unpaired) electrons. The van der Waals surface area contributed by atoms with E-state index in [0.29, 0.717) is 46.5 Å². The molecule has 0 atom stereocenters. The van der Waals surface area contributed by atoms with Gasteiger partial charge in [0, 0.05) is 27.7 Å². The van der Waals surface area contributed by atoms with Gasteiger partial charge in [0.1, 0.15) is 5.75 Å². The molecule has 0 aromatic heterocycles. The van der Waals surface area contributed by atoms with Gasteiger partial charge in [-0.1, -0.05) is 29.3 Å². The van der Waals surface area contributed by atoms with Crippen molar-refractivity contribution in [1.82, 2.24) is 0 Å². The Morgan fingerprint density at radius 2 is 1.96 bits per heavy atom. The summed E-state index contributed by atoms with van der Waals surface area (Å²) < 4.78 is 5.42. The second-order valence-corrected chi connectivity index (χ2v) is 6.04. The monoisotopic (exact) mass is 367 g/mol. The third kappa shape index (κ3) is 5.13. The van der Waals surface area contributed by atoms with Crippen molar-refractivity contribution in [2.45, 2.75) is 26.4 Å². The van der Waals surface area contributed by atoms with Crippen LogP contribution in [0.4, 0.5) is 5.69 Å². The van der Waals surface area contributed by atoms with Crippen molar-refractivity contribution < 1.29 is 14.6 Å². The zero-order valence-electron chi connectivity index (χ0n) is 13.3. The first-order chi connectivity index (χ1) is 11.5. The minimum absolute atomic E-state index is 0.130. The van der Waals surface area contributed by atoms with Crippen LogP contribution in [0, 0.1) is 0 Å². The quantitative estimate of drug-likeness (QED) is 0.759. The predicted octanol–water partition coefficient (Wildman–Crippen LogP) is 4.46. The van der Waals surface area contributed by atoms with Crippen LogP contribution in [0.3, 0.4) is 0 Å². The van der Waals surface area contributed by atoms with Gasteiger partial charge in [0.2, 0.25) is 5.91 Å². The van der Waals surface area contributed by atoms with E-state index < -0.39 is 0 Å². The lowest BCUT2D eigenvalue weighted by atomic mass is 10.1. The minimum atomic E-state index is -0.153. The van der Waals surface area contributed by atoms with Crippen LogP contribution in [0.1, 0.15) is 24.5 Å². The van der Waals surface area contributed by atoms with Gasteiger partial charge >= 0.3 is 0 Å². The Bertz CT molecular complexity index is 719. The number of aliphatic hydroxyl groups is 1. The topological polar surface area (TPSA) is 58.6 Å². The Morgan fingerprint density at radius 1 is 1.17 bits per heavy atom. The highest BCUT2D eigenvalue weighted by molar-refractivity contribution is 6.35. The first kappa shape index (κ1) is 18.6. The lowest BCUT2D eigenvalue weighted by Crippen LogP contribution is -2.13. The summed E-state index contributed by atoms with van der Waals surface area (Å²) in [5, 5.41) is 13.3. The summed E-state index contributed by atoms with van der Waals surface area (Å²) in [4.78, 5) is 12.1. The molecule has 1 amide bonds. The highest BCUT2D eigenvalue weighted by atomic mass is 35.5. The second kappa shape index (κ2) is 8.92. The van der Waals surface area contributed by atoms with E-state index in [1.807, 2.05) is 13.0 Å². The summed E-state index contributed by atoms with van der Waals surface area (Å²) in [6.07, 6.45) is 0.814. The molecule has 24 heavy (non-hydrogen) atoms. The van der Waals surface area contributed by atoms with E-state index in [2.05, 4.69) is 5.32 Å². The van der Waals surface area contributed by atoms with Crippen LogP contribution in [0.15, 0.2) is 36.4 Å². The Balaban J connectivity index is 1.96. The van der Waals surface area contributed by atoms with Crippen LogP contribution in [0.25, 0.3) is 0 Å². The summed E-state index contributed by atoms with van der Waals surface area (Å²) in [6.45, 7) is 2.23. The average Bonchev–Trinajstić information content (AvgIpc) is 2.55. The van der Waals surface area contributed by atoms with Crippen molar-refractivity contribution in [1.29, 1.82) is 0 Å². The van der Waals surface area contributed by atoms with E-state index in [0.717, 1.165) is 5.56 Å². The number of halogens is 2. The SMILES string of the molecule is CCOc1ccc(NC(=O)CCc2ccc(Cl)cc2Cl)cc1CO. The number of hydrogen-bond donors (Lipinski definition) is 2. The number of ether oxygens (including phenoxy) is 1. The number of aliphatic hydroxyl groups excluding tert-OH is 1. The van der Waals surface area contributed by atoms with Crippen LogP contribution >= 0.6 is 23.2 Å². The van der Waals surface area contributed by atoms with E-state index in [4.69, 9.17) is 27.9 Å². The van der Waals surface area contributed by atoms with Crippen LogP contribution < -0.4 is 10.1 Å². The molecule has 0 saturated heterocycles. The molecule has 0 fully saturated rings. The number of hydrogen-bond acceptors (Lipinski definition) is 3. The molecule has 0 aliphatic rings. The maximum atomic E-state index is 12.1. The van der Waals surface area contributed by atoms with Gasteiger partial charge in [-0.2, -0.15) is 0 Å². The smallest absolute Gasteiger partial charge is 0.224 e. The van der Waals surface area contributed by atoms with Crippen molar-refractivity contribution in [2.75, 3.05) is 11.9 Å². The Morgan fingerprint density at radius 3 is 2.62 bits per heavy atom. The molecule has 4 nitrogen and oxygen atoms in total. The van der Waals surface area contributed by atoms with Gasteiger partial charge in [-0.25, -0.2) is 0 Å². The number of aryl methyl sites for hydroxylation is 1. The minimum Gasteiger partial charge on any atom is -0.494 e.